The van der Waals surface area contributed by atoms with Gasteiger partial charge in [0.05, 0.1) is 0 Å². The van der Waals surface area contributed by atoms with Gasteiger partial charge in [-0.15, -0.1) is 6.26 Å². The van der Waals surface area contributed by atoms with Crippen LogP contribution in [0.2, 0.25) is 0 Å². The number of carbonyl (C=O) groups is 2. The normalized spacial score (nSPS) is 15.5. The molecule has 5 nitrogen and oxygen atoms in total. The Morgan fingerprint density at radius 2 is 1.62 bits per heavy atom. The molecule has 0 saturated heterocycles. The molecule has 0 N–H and O–H groups in total. The molecule has 24 heavy (non-hydrogen) atoms. The summed E-state index contributed by atoms with van der Waals surface area (Å²) in [4.78, 5) is 23.4. The van der Waals surface area contributed by atoms with E-state index in [2.05, 4.69) is 0 Å². The molecule has 0 fully saturated rings. The van der Waals surface area contributed by atoms with Crippen LogP contribution >= 0.6 is 0 Å². The number of esters is 2. The Labute approximate surface area is 140 Å². The van der Waals surface area contributed by atoms with Gasteiger partial charge in [-0.05, 0) is 29.7 Å². The molecule has 2 rings (SSSR count). The molecule has 0 bridgehead atoms. The Kier molecular flexibility index (Phi) is 5.58. The van der Waals surface area contributed by atoms with Gasteiger partial charge in [-0.3, -0.25) is 9.59 Å². The molecule has 0 amide bonds. The SMILES string of the molecule is CCC(=O)OC(=C1/C=C(C)c2ccccc21)/C(=C\[O-])OC(=O)CC. The predicted molar refractivity (Wildman–Crippen MR) is 87.9 cm³/mol. The zero-order chi connectivity index (χ0) is 17.7. The fourth-order valence-electron chi connectivity index (χ4n) is 2.36. The lowest BCUT2D eigenvalue weighted by Crippen LogP contribution is -2.13. The lowest BCUT2D eigenvalue weighted by atomic mass is 10.0. The first kappa shape index (κ1) is 17.5. The summed E-state index contributed by atoms with van der Waals surface area (Å²) >= 11 is 0. The maximum atomic E-state index is 11.8. The molecule has 126 valence electrons. The Balaban J connectivity index is 2.59. The molecule has 0 unspecified atom stereocenters. The minimum atomic E-state index is -0.574. The number of allylic oxidation sites excluding steroid dienone is 3. The van der Waals surface area contributed by atoms with Gasteiger partial charge in [0.15, 0.2) is 11.5 Å². The van der Waals surface area contributed by atoms with E-state index < -0.39 is 11.9 Å². The highest BCUT2D eigenvalue weighted by Crippen LogP contribution is 2.38. The second-order valence-corrected chi connectivity index (χ2v) is 5.25. The van der Waals surface area contributed by atoms with Crippen molar-refractivity contribution in [3.05, 3.63) is 59.2 Å². The average Bonchev–Trinajstić information content (AvgIpc) is 2.94. The van der Waals surface area contributed by atoms with Gasteiger partial charge in [0.2, 0.25) is 0 Å². The Morgan fingerprint density at radius 1 is 1.04 bits per heavy atom. The van der Waals surface area contributed by atoms with Crippen molar-refractivity contribution < 1.29 is 24.2 Å². The minimum absolute atomic E-state index is 0.0250. The highest BCUT2D eigenvalue weighted by molar-refractivity contribution is 5.97. The third kappa shape index (κ3) is 3.56. The van der Waals surface area contributed by atoms with E-state index in [4.69, 9.17) is 9.47 Å². The van der Waals surface area contributed by atoms with Crippen LogP contribution in [0.5, 0.6) is 0 Å². The zero-order valence-corrected chi connectivity index (χ0v) is 13.9. The lowest BCUT2D eigenvalue weighted by molar-refractivity contribution is -0.279. The van der Waals surface area contributed by atoms with Crippen LogP contribution in [0.15, 0.2) is 48.1 Å². The van der Waals surface area contributed by atoms with Gasteiger partial charge < -0.3 is 14.6 Å². The highest BCUT2D eigenvalue weighted by Gasteiger charge is 2.24. The van der Waals surface area contributed by atoms with Crippen molar-refractivity contribution in [3.63, 3.8) is 0 Å². The summed E-state index contributed by atoms with van der Waals surface area (Å²) in [6, 6.07) is 7.55. The van der Waals surface area contributed by atoms with Crippen molar-refractivity contribution in [1.82, 2.24) is 0 Å². The Hall–Kier alpha value is -2.82. The summed E-state index contributed by atoms with van der Waals surface area (Å²) in [5, 5.41) is 11.5. The molecule has 1 aromatic rings. The lowest BCUT2D eigenvalue weighted by Gasteiger charge is -2.16. The van der Waals surface area contributed by atoms with Crippen LogP contribution in [-0.2, 0) is 19.1 Å². The number of fused-ring (bicyclic) bond motifs is 1. The molecule has 0 spiro atoms. The van der Waals surface area contributed by atoms with Gasteiger partial charge in [0.25, 0.3) is 0 Å². The largest absolute Gasteiger partial charge is 0.875 e. The Bertz CT molecular complexity index is 753. The van der Waals surface area contributed by atoms with Gasteiger partial charge in [0, 0.05) is 18.4 Å². The second kappa shape index (κ2) is 7.64. The fraction of sp³-hybridized carbons (Fsp3) is 0.263. The summed E-state index contributed by atoms with van der Waals surface area (Å²) in [6.45, 7) is 5.18. The smallest absolute Gasteiger partial charge is 0.311 e. The first-order valence-electron chi connectivity index (χ1n) is 7.78. The summed E-state index contributed by atoms with van der Waals surface area (Å²) in [6.07, 6.45) is 2.44. The predicted octanol–water partition coefficient (Wildman–Crippen LogP) is 2.92. The van der Waals surface area contributed by atoms with Crippen LogP contribution in [-0.4, -0.2) is 11.9 Å². The standard InChI is InChI=1S/C19H20O5/c1-4-17(21)23-16(11-20)19(24-18(22)5-2)15-10-12(3)13-8-6-7-9-14(13)15/h6-11,20H,4-5H2,1-3H3/p-1/b16-11+,19-15-. The number of hydrogen-bond acceptors (Lipinski definition) is 5. The summed E-state index contributed by atoms with van der Waals surface area (Å²) in [5.74, 6) is -1.41. The number of rotatable bonds is 5. The topological polar surface area (TPSA) is 75.7 Å². The van der Waals surface area contributed by atoms with Crippen molar-refractivity contribution in [3.8, 4) is 0 Å². The maximum absolute atomic E-state index is 11.8. The van der Waals surface area contributed by atoms with E-state index in [9.17, 15) is 14.7 Å². The zero-order valence-electron chi connectivity index (χ0n) is 13.9. The Morgan fingerprint density at radius 3 is 2.21 bits per heavy atom. The number of ether oxygens (including phenoxy) is 2. The van der Waals surface area contributed by atoms with Crippen LogP contribution in [0.4, 0.5) is 0 Å². The first-order chi connectivity index (χ1) is 11.5. The second-order valence-electron chi connectivity index (χ2n) is 5.25. The van der Waals surface area contributed by atoms with Crippen LogP contribution in [0.25, 0.3) is 11.1 Å². The maximum Gasteiger partial charge on any atom is 0.311 e. The van der Waals surface area contributed by atoms with Crippen LogP contribution < -0.4 is 5.11 Å². The van der Waals surface area contributed by atoms with Gasteiger partial charge in [-0.25, -0.2) is 0 Å². The molecule has 0 aliphatic heterocycles. The van der Waals surface area contributed by atoms with E-state index >= 15 is 0 Å². The summed E-state index contributed by atoms with van der Waals surface area (Å²) in [5.41, 5.74) is 3.32. The van der Waals surface area contributed by atoms with E-state index in [0.29, 0.717) is 11.8 Å². The molecule has 0 atom stereocenters. The summed E-state index contributed by atoms with van der Waals surface area (Å²) in [7, 11) is 0. The van der Waals surface area contributed by atoms with E-state index in [-0.39, 0.29) is 24.4 Å². The van der Waals surface area contributed by atoms with Gasteiger partial charge in [0.1, 0.15) is 0 Å². The number of benzene rings is 1. The third-order valence-electron chi connectivity index (χ3n) is 3.60. The molecule has 1 aliphatic rings. The van der Waals surface area contributed by atoms with E-state index in [1.165, 1.54) is 0 Å². The number of carbonyl (C=O) groups excluding carboxylic acids is 2. The van der Waals surface area contributed by atoms with Crippen LogP contribution in [0.1, 0.15) is 44.7 Å². The van der Waals surface area contributed by atoms with E-state index in [1.54, 1.807) is 13.8 Å². The highest BCUT2D eigenvalue weighted by atomic mass is 16.6. The van der Waals surface area contributed by atoms with Crippen molar-refractivity contribution in [2.75, 3.05) is 0 Å². The van der Waals surface area contributed by atoms with Crippen molar-refractivity contribution in [2.45, 2.75) is 33.6 Å². The van der Waals surface area contributed by atoms with Gasteiger partial charge in [-0.1, -0.05) is 38.1 Å². The van der Waals surface area contributed by atoms with Gasteiger partial charge >= 0.3 is 11.9 Å². The molecule has 0 heterocycles. The molecule has 0 saturated carbocycles. The van der Waals surface area contributed by atoms with Crippen molar-refractivity contribution in [2.24, 2.45) is 0 Å². The first-order valence-corrected chi connectivity index (χ1v) is 7.78. The number of hydrogen-bond donors (Lipinski definition) is 0. The fourth-order valence-corrected chi connectivity index (χ4v) is 2.36. The molecule has 1 aliphatic carbocycles. The van der Waals surface area contributed by atoms with E-state index in [0.717, 1.165) is 16.7 Å². The molecule has 1 aromatic carbocycles. The van der Waals surface area contributed by atoms with Crippen molar-refractivity contribution in [1.29, 1.82) is 0 Å². The van der Waals surface area contributed by atoms with Crippen molar-refractivity contribution >= 4 is 23.1 Å². The molecule has 0 radical (unpaired) electrons. The minimum Gasteiger partial charge on any atom is -0.875 e. The molecule has 5 heteroatoms. The molecule has 0 aromatic heterocycles. The molecular formula is C19H19O5-. The summed E-state index contributed by atoms with van der Waals surface area (Å²) < 4.78 is 10.4. The van der Waals surface area contributed by atoms with E-state index in [1.807, 2.05) is 37.3 Å². The van der Waals surface area contributed by atoms with Crippen LogP contribution in [0.3, 0.4) is 0 Å². The van der Waals surface area contributed by atoms with Crippen LogP contribution in [0, 0.1) is 0 Å². The van der Waals surface area contributed by atoms with Gasteiger partial charge in [-0.2, -0.15) is 0 Å². The monoisotopic (exact) mass is 327 g/mol. The average molecular weight is 327 g/mol. The quantitative estimate of drug-likeness (QED) is 0.614. The third-order valence-corrected chi connectivity index (χ3v) is 3.60. The molecular weight excluding hydrogens is 308 g/mol.